The zero-order chi connectivity index (χ0) is 29.1. The number of nitrogens with zero attached hydrogens (tertiary/aromatic N) is 1. The summed E-state index contributed by atoms with van der Waals surface area (Å²) in [7, 11) is 3.24. The van der Waals surface area contributed by atoms with Crippen LogP contribution in [0.4, 0.5) is 11.5 Å². The van der Waals surface area contributed by atoms with Crippen LogP contribution in [0.3, 0.4) is 0 Å². The van der Waals surface area contributed by atoms with Crippen molar-refractivity contribution in [3.63, 3.8) is 0 Å². The van der Waals surface area contributed by atoms with Gasteiger partial charge in [-0.25, -0.2) is 4.98 Å². The summed E-state index contributed by atoms with van der Waals surface area (Å²) in [6.45, 7) is 3.81. The summed E-state index contributed by atoms with van der Waals surface area (Å²) in [5.74, 6) is -0.857. The van der Waals surface area contributed by atoms with Crippen LogP contribution >= 0.6 is 0 Å². The Balaban J connectivity index is 1.51. The maximum absolute atomic E-state index is 13.6. The molecule has 0 saturated heterocycles. The van der Waals surface area contributed by atoms with Gasteiger partial charge in [-0.1, -0.05) is 36.4 Å². The Morgan fingerprint density at radius 2 is 1.73 bits per heavy atom. The van der Waals surface area contributed by atoms with Gasteiger partial charge in [0, 0.05) is 30.4 Å². The molecule has 0 unspecified atom stereocenters. The zero-order valence-corrected chi connectivity index (χ0v) is 23.5. The predicted octanol–water partition coefficient (Wildman–Crippen LogP) is 6.09. The molecular formula is C33H32N4O4. The Morgan fingerprint density at radius 3 is 2.37 bits per heavy atom. The molecule has 8 heteroatoms. The molecule has 1 heterocycles. The van der Waals surface area contributed by atoms with Crippen LogP contribution in [0.15, 0.2) is 72.9 Å². The molecule has 1 aliphatic rings. The normalized spacial score (nSPS) is 13.0. The van der Waals surface area contributed by atoms with Crippen molar-refractivity contribution in [1.29, 1.82) is 0 Å². The van der Waals surface area contributed by atoms with Gasteiger partial charge in [0.1, 0.15) is 5.82 Å². The van der Waals surface area contributed by atoms with Gasteiger partial charge in [-0.05, 0) is 84.5 Å². The second kappa shape index (κ2) is 11.6. The first-order valence-electron chi connectivity index (χ1n) is 13.5. The van der Waals surface area contributed by atoms with E-state index in [4.69, 9.17) is 4.74 Å². The number of pyridine rings is 1. The molecule has 0 bridgehead atoms. The predicted molar refractivity (Wildman–Crippen MR) is 162 cm³/mol. The van der Waals surface area contributed by atoms with Gasteiger partial charge in [0.15, 0.2) is 5.75 Å². The van der Waals surface area contributed by atoms with E-state index in [0.717, 1.165) is 46.3 Å². The SMILES string of the molecule is C/C=C(\C)c1cc(NC(=O)C(=O)c2ccc(-c3ccc(NC)nc3)c3ccccc23)c(OC)c(C(=O)NC2CC2)c1. The number of carbonyl (C=O) groups excluding carboxylic acids is 3. The number of allylic oxidation sites excluding steroid dienone is 2. The minimum atomic E-state index is -0.829. The number of ketones is 1. The van der Waals surface area contributed by atoms with Crippen LogP contribution in [0.25, 0.3) is 27.5 Å². The maximum atomic E-state index is 13.6. The van der Waals surface area contributed by atoms with E-state index < -0.39 is 11.7 Å². The minimum Gasteiger partial charge on any atom is -0.494 e. The van der Waals surface area contributed by atoms with Crippen molar-refractivity contribution in [3.8, 4) is 16.9 Å². The molecule has 3 aromatic carbocycles. The highest BCUT2D eigenvalue weighted by Gasteiger charge is 2.28. The van der Waals surface area contributed by atoms with E-state index in [9.17, 15) is 14.4 Å². The number of benzene rings is 3. The molecule has 8 nitrogen and oxygen atoms in total. The number of hydrogen-bond donors (Lipinski definition) is 3. The molecule has 41 heavy (non-hydrogen) atoms. The Bertz CT molecular complexity index is 1690. The van der Waals surface area contributed by atoms with Gasteiger partial charge in [0.25, 0.3) is 17.6 Å². The fourth-order valence-electron chi connectivity index (χ4n) is 4.75. The smallest absolute Gasteiger partial charge is 0.296 e. The van der Waals surface area contributed by atoms with E-state index >= 15 is 0 Å². The number of methoxy groups -OCH3 is 1. The largest absolute Gasteiger partial charge is 0.494 e. The highest BCUT2D eigenvalue weighted by molar-refractivity contribution is 6.48. The number of aromatic nitrogens is 1. The Labute approximate surface area is 238 Å². The summed E-state index contributed by atoms with van der Waals surface area (Å²) in [6, 6.07) is 18.4. The molecule has 3 N–H and O–H groups in total. The highest BCUT2D eigenvalue weighted by Crippen LogP contribution is 2.35. The molecule has 1 aromatic heterocycles. The third-order valence-electron chi connectivity index (χ3n) is 7.29. The van der Waals surface area contributed by atoms with Crippen LogP contribution in [0.5, 0.6) is 5.75 Å². The first-order valence-corrected chi connectivity index (χ1v) is 13.5. The summed E-state index contributed by atoms with van der Waals surface area (Å²) >= 11 is 0. The number of nitrogens with one attached hydrogen (secondary N) is 3. The molecular weight excluding hydrogens is 516 g/mol. The average molecular weight is 549 g/mol. The van der Waals surface area contributed by atoms with Gasteiger partial charge in [-0.2, -0.15) is 0 Å². The second-order valence-corrected chi connectivity index (χ2v) is 10.00. The minimum absolute atomic E-state index is 0.145. The monoisotopic (exact) mass is 548 g/mol. The van der Waals surface area contributed by atoms with Crippen molar-refractivity contribution in [2.75, 3.05) is 24.8 Å². The van der Waals surface area contributed by atoms with Gasteiger partial charge >= 0.3 is 0 Å². The number of rotatable bonds is 9. The van der Waals surface area contributed by atoms with E-state index in [1.807, 2.05) is 62.4 Å². The highest BCUT2D eigenvalue weighted by atomic mass is 16.5. The van der Waals surface area contributed by atoms with Crippen LogP contribution in [-0.2, 0) is 4.79 Å². The Morgan fingerprint density at radius 1 is 0.976 bits per heavy atom. The van der Waals surface area contributed by atoms with Crippen molar-refractivity contribution in [2.24, 2.45) is 0 Å². The average Bonchev–Trinajstić information content (AvgIpc) is 3.83. The van der Waals surface area contributed by atoms with E-state index in [1.165, 1.54) is 7.11 Å². The lowest BCUT2D eigenvalue weighted by Crippen LogP contribution is -2.27. The number of fused-ring (bicyclic) bond motifs is 1. The number of hydrogen-bond acceptors (Lipinski definition) is 6. The van der Waals surface area contributed by atoms with Crippen LogP contribution < -0.4 is 20.7 Å². The van der Waals surface area contributed by atoms with E-state index in [1.54, 1.807) is 31.4 Å². The molecule has 5 rings (SSSR count). The number of Topliss-reactive ketones (excluding diaryl/α,β-unsaturated/α-hetero) is 1. The molecule has 1 fully saturated rings. The lowest BCUT2D eigenvalue weighted by atomic mass is 9.94. The van der Waals surface area contributed by atoms with Crippen LogP contribution in [0.1, 0.15) is 53.0 Å². The van der Waals surface area contributed by atoms with Crippen molar-refractivity contribution in [2.45, 2.75) is 32.7 Å². The van der Waals surface area contributed by atoms with Crippen molar-refractivity contribution in [1.82, 2.24) is 10.3 Å². The standard InChI is InChI=1S/C33H32N4O4/c1-5-19(2)21-16-27(32(39)36-22-11-12-22)31(41-4)28(17-21)37-33(40)30(38)26-14-13-23(24-8-6-7-9-25(24)26)20-10-15-29(34-3)35-18-20/h5-10,13-18,22H,11-12H2,1-4H3,(H,34,35)(H,36,39)(H,37,40)/b19-5+. The van der Waals surface area contributed by atoms with Gasteiger partial charge in [0.2, 0.25) is 0 Å². The molecule has 0 spiro atoms. The third-order valence-corrected chi connectivity index (χ3v) is 7.29. The summed E-state index contributed by atoms with van der Waals surface area (Å²) in [5.41, 5.74) is 4.26. The second-order valence-electron chi connectivity index (χ2n) is 10.00. The topological polar surface area (TPSA) is 109 Å². The lowest BCUT2D eigenvalue weighted by molar-refractivity contribution is -0.112. The Hall–Kier alpha value is -4.98. The van der Waals surface area contributed by atoms with Gasteiger partial charge in [-0.3, -0.25) is 14.4 Å². The number of anilines is 2. The van der Waals surface area contributed by atoms with Crippen LogP contribution in [0.2, 0.25) is 0 Å². The Kier molecular flexibility index (Phi) is 7.83. The first kappa shape index (κ1) is 27.6. The fourth-order valence-corrected chi connectivity index (χ4v) is 4.75. The van der Waals surface area contributed by atoms with Gasteiger partial charge in [-0.15, -0.1) is 0 Å². The van der Waals surface area contributed by atoms with Crippen LogP contribution in [0, 0.1) is 0 Å². The lowest BCUT2D eigenvalue weighted by Gasteiger charge is -2.17. The molecule has 208 valence electrons. The molecule has 0 atom stereocenters. The number of amides is 2. The molecule has 2 amide bonds. The third kappa shape index (κ3) is 5.68. The summed E-state index contributed by atoms with van der Waals surface area (Å²) in [6.07, 6.45) is 5.55. The van der Waals surface area contributed by atoms with Crippen molar-refractivity contribution in [3.05, 3.63) is 89.6 Å². The van der Waals surface area contributed by atoms with Crippen LogP contribution in [-0.4, -0.2) is 42.8 Å². The molecule has 0 radical (unpaired) electrons. The van der Waals surface area contributed by atoms with Crippen molar-refractivity contribution >= 4 is 45.4 Å². The van der Waals surface area contributed by atoms with E-state index in [-0.39, 0.29) is 28.9 Å². The summed E-state index contributed by atoms with van der Waals surface area (Å²) < 4.78 is 5.59. The molecule has 4 aromatic rings. The van der Waals surface area contributed by atoms with E-state index in [2.05, 4.69) is 20.9 Å². The van der Waals surface area contributed by atoms with Gasteiger partial charge in [0.05, 0.1) is 18.4 Å². The van der Waals surface area contributed by atoms with Crippen molar-refractivity contribution < 1.29 is 19.1 Å². The number of carbonyl (C=O) groups is 3. The zero-order valence-electron chi connectivity index (χ0n) is 23.5. The molecule has 1 saturated carbocycles. The number of ether oxygens (including phenoxy) is 1. The molecule has 0 aliphatic heterocycles. The molecule has 1 aliphatic carbocycles. The van der Waals surface area contributed by atoms with E-state index in [0.29, 0.717) is 10.9 Å². The van der Waals surface area contributed by atoms with Gasteiger partial charge < -0.3 is 20.7 Å². The first-order chi connectivity index (χ1) is 19.8. The fraction of sp³-hybridized carbons (Fsp3) is 0.212. The summed E-state index contributed by atoms with van der Waals surface area (Å²) in [4.78, 5) is 44.5. The summed E-state index contributed by atoms with van der Waals surface area (Å²) in [5, 5.41) is 10.2. The quantitative estimate of drug-likeness (QED) is 0.173. The maximum Gasteiger partial charge on any atom is 0.296 e.